The third-order valence-corrected chi connectivity index (χ3v) is 4.51. The molecule has 6 nitrogen and oxygen atoms in total. The Morgan fingerprint density at radius 3 is 2.30 bits per heavy atom. The number of allylic oxidation sites excluding steroid dienone is 2. The standard InChI is InChI=1S/C24H23NO5/c1-4-30-21-14-13-18(17-10-6-5-7-11-17)16-20(21)25-15-9-8-12-19(23(26)28-2)22(25)24(27)29-3/h5-16H,4H2,1-3H3. The first kappa shape index (κ1) is 20.9. The average molecular weight is 405 g/mol. The predicted molar refractivity (Wildman–Crippen MR) is 115 cm³/mol. The van der Waals surface area contributed by atoms with Crippen molar-refractivity contribution in [2.75, 3.05) is 25.7 Å². The van der Waals surface area contributed by atoms with Crippen LogP contribution in [0.5, 0.6) is 5.75 Å². The first-order valence-electron chi connectivity index (χ1n) is 9.48. The van der Waals surface area contributed by atoms with Crippen molar-refractivity contribution in [2.24, 2.45) is 0 Å². The molecule has 2 aromatic rings. The lowest BCUT2D eigenvalue weighted by atomic mass is 10.0. The van der Waals surface area contributed by atoms with Crippen LogP contribution in [-0.2, 0) is 19.1 Å². The summed E-state index contributed by atoms with van der Waals surface area (Å²) < 4.78 is 15.7. The van der Waals surface area contributed by atoms with Crippen LogP contribution in [0.25, 0.3) is 11.1 Å². The molecule has 0 amide bonds. The number of rotatable bonds is 6. The van der Waals surface area contributed by atoms with Crippen LogP contribution >= 0.6 is 0 Å². The molecule has 2 aromatic carbocycles. The molecular weight excluding hydrogens is 382 g/mol. The van der Waals surface area contributed by atoms with E-state index < -0.39 is 11.9 Å². The Balaban J connectivity index is 2.24. The van der Waals surface area contributed by atoms with Crippen molar-refractivity contribution in [1.82, 2.24) is 0 Å². The first-order chi connectivity index (χ1) is 14.6. The fraction of sp³-hybridized carbons (Fsp3) is 0.167. The summed E-state index contributed by atoms with van der Waals surface area (Å²) in [6, 6.07) is 15.6. The van der Waals surface area contributed by atoms with E-state index in [4.69, 9.17) is 14.2 Å². The lowest BCUT2D eigenvalue weighted by Crippen LogP contribution is -2.27. The van der Waals surface area contributed by atoms with Gasteiger partial charge in [0.25, 0.3) is 0 Å². The molecule has 1 aliphatic rings. The Morgan fingerprint density at radius 1 is 0.900 bits per heavy atom. The Morgan fingerprint density at radius 2 is 1.63 bits per heavy atom. The van der Waals surface area contributed by atoms with E-state index in [9.17, 15) is 9.59 Å². The van der Waals surface area contributed by atoms with Gasteiger partial charge in [-0.15, -0.1) is 0 Å². The summed E-state index contributed by atoms with van der Waals surface area (Å²) in [5.41, 5.74) is 2.67. The molecule has 0 aliphatic carbocycles. The molecule has 0 bridgehead atoms. The van der Waals surface area contributed by atoms with Gasteiger partial charge in [-0.1, -0.05) is 42.5 Å². The number of hydrogen-bond acceptors (Lipinski definition) is 6. The van der Waals surface area contributed by atoms with Crippen molar-refractivity contribution in [2.45, 2.75) is 6.92 Å². The largest absolute Gasteiger partial charge is 0.492 e. The van der Waals surface area contributed by atoms with Gasteiger partial charge in [-0.3, -0.25) is 0 Å². The maximum absolute atomic E-state index is 12.7. The summed E-state index contributed by atoms with van der Waals surface area (Å²) in [5, 5.41) is 0. The van der Waals surface area contributed by atoms with E-state index in [1.54, 1.807) is 23.3 Å². The minimum atomic E-state index is -0.667. The summed E-state index contributed by atoms with van der Waals surface area (Å²) in [5.74, 6) is -0.744. The third kappa shape index (κ3) is 4.27. The van der Waals surface area contributed by atoms with E-state index in [-0.39, 0.29) is 11.3 Å². The van der Waals surface area contributed by atoms with E-state index in [0.29, 0.717) is 18.0 Å². The van der Waals surface area contributed by atoms with Crippen LogP contribution in [0.1, 0.15) is 6.92 Å². The van der Waals surface area contributed by atoms with E-state index in [1.165, 1.54) is 20.3 Å². The quantitative estimate of drug-likeness (QED) is 0.670. The second-order valence-electron chi connectivity index (χ2n) is 6.30. The molecule has 0 fully saturated rings. The van der Waals surface area contributed by atoms with Crippen molar-refractivity contribution in [3.8, 4) is 16.9 Å². The summed E-state index contributed by atoms with van der Waals surface area (Å²) in [6.45, 7) is 2.32. The van der Waals surface area contributed by atoms with Crippen LogP contribution in [0.15, 0.2) is 84.2 Å². The molecule has 0 atom stereocenters. The summed E-state index contributed by atoms with van der Waals surface area (Å²) in [7, 11) is 2.53. The number of anilines is 1. The fourth-order valence-electron chi connectivity index (χ4n) is 3.14. The first-order valence-corrected chi connectivity index (χ1v) is 9.48. The fourth-order valence-corrected chi connectivity index (χ4v) is 3.14. The maximum Gasteiger partial charge on any atom is 0.355 e. The molecule has 3 rings (SSSR count). The highest BCUT2D eigenvalue weighted by atomic mass is 16.5. The molecule has 0 saturated carbocycles. The Kier molecular flexibility index (Phi) is 6.70. The van der Waals surface area contributed by atoms with Crippen LogP contribution < -0.4 is 9.64 Å². The topological polar surface area (TPSA) is 65.1 Å². The highest BCUT2D eigenvalue weighted by molar-refractivity contribution is 6.05. The van der Waals surface area contributed by atoms with Crippen molar-refractivity contribution in [3.63, 3.8) is 0 Å². The molecule has 6 heteroatoms. The second-order valence-corrected chi connectivity index (χ2v) is 6.30. The zero-order valence-electron chi connectivity index (χ0n) is 17.1. The van der Waals surface area contributed by atoms with Crippen molar-refractivity contribution < 1.29 is 23.8 Å². The molecule has 154 valence electrons. The minimum Gasteiger partial charge on any atom is -0.492 e. The SMILES string of the molecule is CCOc1ccc(-c2ccccc2)cc1N1C=CC=CC(C(=O)OC)=C1C(=O)OC. The van der Waals surface area contributed by atoms with Crippen LogP contribution in [0.4, 0.5) is 5.69 Å². The van der Waals surface area contributed by atoms with Gasteiger partial charge in [0.15, 0.2) is 0 Å². The van der Waals surface area contributed by atoms with Crippen LogP contribution in [0, 0.1) is 0 Å². The molecule has 0 spiro atoms. The predicted octanol–water partition coefficient (Wildman–Crippen LogP) is 4.24. The zero-order chi connectivity index (χ0) is 21.5. The van der Waals surface area contributed by atoms with Gasteiger partial charge in [-0.05, 0) is 42.3 Å². The van der Waals surface area contributed by atoms with Crippen LogP contribution in [-0.4, -0.2) is 32.8 Å². The number of carbonyl (C=O) groups is 2. The van der Waals surface area contributed by atoms with Gasteiger partial charge in [0.2, 0.25) is 0 Å². The van der Waals surface area contributed by atoms with Gasteiger partial charge >= 0.3 is 11.9 Å². The number of benzene rings is 2. The van der Waals surface area contributed by atoms with E-state index in [1.807, 2.05) is 55.5 Å². The highest BCUT2D eigenvalue weighted by Crippen LogP contribution is 2.37. The lowest BCUT2D eigenvalue weighted by Gasteiger charge is -2.25. The Bertz CT molecular complexity index is 1020. The van der Waals surface area contributed by atoms with Crippen LogP contribution in [0.3, 0.4) is 0 Å². The van der Waals surface area contributed by atoms with Gasteiger partial charge < -0.3 is 19.1 Å². The zero-order valence-corrected chi connectivity index (χ0v) is 17.1. The molecule has 0 saturated heterocycles. The minimum absolute atomic E-state index is 0.0421. The van der Waals surface area contributed by atoms with Gasteiger partial charge in [-0.2, -0.15) is 0 Å². The van der Waals surface area contributed by atoms with Crippen molar-refractivity contribution >= 4 is 17.6 Å². The number of nitrogens with zero attached hydrogens (tertiary/aromatic N) is 1. The van der Waals surface area contributed by atoms with Gasteiger partial charge in [-0.25, -0.2) is 9.59 Å². The van der Waals surface area contributed by atoms with E-state index in [0.717, 1.165) is 11.1 Å². The van der Waals surface area contributed by atoms with Crippen molar-refractivity contribution in [1.29, 1.82) is 0 Å². The number of methoxy groups -OCH3 is 2. The summed E-state index contributed by atoms with van der Waals surface area (Å²) >= 11 is 0. The Labute approximate surface area is 175 Å². The molecule has 0 aromatic heterocycles. The second kappa shape index (κ2) is 9.60. The molecule has 0 N–H and O–H groups in total. The molecule has 1 heterocycles. The normalized spacial score (nSPS) is 13.1. The number of ether oxygens (including phenoxy) is 3. The lowest BCUT2D eigenvalue weighted by molar-refractivity contribution is -0.139. The monoisotopic (exact) mass is 405 g/mol. The third-order valence-electron chi connectivity index (χ3n) is 4.51. The average Bonchev–Trinajstić information content (AvgIpc) is 3.02. The molecule has 0 unspecified atom stereocenters. The number of carbonyl (C=O) groups excluding carboxylic acids is 2. The van der Waals surface area contributed by atoms with Crippen molar-refractivity contribution in [3.05, 3.63) is 84.2 Å². The van der Waals surface area contributed by atoms with E-state index >= 15 is 0 Å². The smallest absolute Gasteiger partial charge is 0.355 e. The number of esters is 2. The molecular formula is C24H23NO5. The van der Waals surface area contributed by atoms with Gasteiger partial charge in [0.1, 0.15) is 11.4 Å². The highest BCUT2D eigenvalue weighted by Gasteiger charge is 2.29. The van der Waals surface area contributed by atoms with E-state index in [2.05, 4.69) is 0 Å². The molecule has 30 heavy (non-hydrogen) atoms. The summed E-state index contributed by atoms with van der Waals surface area (Å²) in [6.07, 6.45) is 6.60. The Hall–Kier alpha value is -3.80. The molecule has 0 radical (unpaired) electrons. The van der Waals surface area contributed by atoms with Gasteiger partial charge in [0.05, 0.1) is 32.1 Å². The summed E-state index contributed by atoms with van der Waals surface area (Å²) in [4.78, 5) is 26.7. The maximum atomic E-state index is 12.7. The van der Waals surface area contributed by atoms with Crippen LogP contribution in [0.2, 0.25) is 0 Å². The molecule has 1 aliphatic heterocycles. The van der Waals surface area contributed by atoms with Gasteiger partial charge in [0, 0.05) is 6.20 Å². The number of hydrogen-bond donors (Lipinski definition) is 0.